The fraction of sp³-hybridized carbons (Fsp3) is 0.296. The minimum atomic E-state index is -0.636. The van der Waals surface area contributed by atoms with Gasteiger partial charge < -0.3 is 14.2 Å². The van der Waals surface area contributed by atoms with Crippen molar-refractivity contribution in [1.29, 1.82) is 0 Å². The van der Waals surface area contributed by atoms with Gasteiger partial charge in [0.15, 0.2) is 0 Å². The summed E-state index contributed by atoms with van der Waals surface area (Å²) in [6.07, 6.45) is 1.25. The van der Waals surface area contributed by atoms with E-state index in [1.54, 1.807) is 18.2 Å². The predicted octanol–water partition coefficient (Wildman–Crippen LogP) is 5.80. The smallest absolute Gasteiger partial charge is 0.306 e. The summed E-state index contributed by atoms with van der Waals surface area (Å²) >= 11 is 0. The molecule has 2 aliphatic rings. The minimum absolute atomic E-state index is 0.0728. The summed E-state index contributed by atoms with van der Waals surface area (Å²) in [5.74, 6) is -0.806. The van der Waals surface area contributed by atoms with E-state index in [0.29, 0.717) is 48.5 Å². The maximum Gasteiger partial charge on any atom is 0.306 e. The summed E-state index contributed by atoms with van der Waals surface area (Å²) in [6.45, 7) is 0.388. The third-order valence-electron chi connectivity index (χ3n) is 6.48. The van der Waals surface area contributed by atoms with E-state index in [9.17, 15) is 18.0 Å². The van der Waals surface area contributed by atoms with Gasteiger partial charge in [0.1, 0.15) is 35.1 Å². The number of ether oxygens (including phenoxy) is 3. The molecule has 3 aromatic rings. The second-order valence-electron chi connectivity index (χ2n) is 8.69. The molecule has 0 aromatic heterocycles. The molecule has 1 heterocycles. The summed E-state index contributed by atoms with van der Waals surface area (Å²) in [7, 11) is 1.36. The maximum atomic E-state index is 14.8. The molecule has 2 unspecified atom stereocenters. The average molecular weight is 468 g/mol. The molecule has 0 spiro atoms. The molecule has 0 saturated carbocycles. The third-order valence-corrected chi connectivity index (χ3v) is 6.48. The summed E-state index contributed by atoms with van der Waals surface area (Å²) in [4.78, 5) is 11.6. The highest BCUT2D eigenvalue weighted by Crippen LogP contribution is 2.42. The topological polar surface area (TPSA) is 44.8 Å². The van der Waals surface area contributed by atoms with E-state index in [4.69, 9.17) is 14.2 Å². The van der Waals surface area contributed by atoms with Crippen LogP contribution in [0, 0.1) is 17.5 Å². The van der Waals surface area contributed by atoms with Crippen molar-refractivity contribution in [2.24, 2.45) is 0 Å². The van der Waals surface area contributed by atoms with Crippen LogP contribution in [0.3, 0.4) is 0 Å². The summed E-state index contributed by atoms with van der Waals surface area (Å²) < 4.78 is 58.7. The van der Waals surface area contributed by atoms with Gasteiger partial charge in [0.05, 0.1) is 20.1 Å². The average Bonchev–Trinajstić information content (AvgIpc) is 3.40. The van der Waals surface area contributed by atoms with Gasteiger partial charge in [-0.25, -0.2) is 13.2 Å². The molecule has 1 aliphatic carbocycles. The lowest BCUT2D eigenvalue weighted by Gasteiger charge is -2.17. The highest BCUT2D eigenvalue weighted by Gasteiger charge is 2.31. The van der Waals surface area contributed by atoms with Gasteiger partial charge in [-0.1, -0.05) is 12.1 Å². The van der Waals surface area contributed by atoms with Gasteiger partial charge in [0.2, 0.25) is 0 Å². The zero-order valence-electron chi connectivity index (χ0n) is 18.6. The van der Waals surface area contributed by atoms with Crippen molar-refractivity contribution < 1.29 is 32.2 Å². The molecular formula is C27H23F3O4. The number of carbonyl (C=O) groups is 1. The van der Waals surface area contributed by atoms with Gasteiger partial charge in [-0.05, 0) is 60.2 Å². The lowest BCUT2D eigenvalue weighted by Crippen LogP contribution is -2.09. The van der Waals surface area contributed by atoms with Gasteiger partial charge in [-0.2, -0.15) is 0 Å². The Hall–Kier alpha value is -3.48. The Balaban J connectivity index is 1.36. The SMILES string of the molecule is COC(=O)CC1COc2cc(OC3CCc4c(Cc5cc(F)cc(F)c5)ccc(F)c43)ccc21. The molecule has 34 heavy (non-hydrogen) atoms. The van der Waals surface area contributed by atoms with Gasteiger partial charge >= 0.3 is 5.97 Å². The Morgan fingerprint density at radius 2 is 1.85 bits per heavy atom. The van der Waals surface area contributed by atoms with Gasteiger partial charge in [-0.3, -0.25) is 4.79 Å². The molecule has 176 valence electrons. The number of benzene rings is 3. The van der Waals surface area contributed by atoms with E-state index in [1.807, 2.05) is 6.07 Å². The Morgan fingerprint density at radius 3 is 2.62 bits per heavy atom. The molecule has 0 amide bonds. The van der Waals surface area contributed by atoms with Crippen LogP contribution in [0.5, 0.6) is 11.5 Å². The minimum Gasteiger partial charge on any atom is -0.492 e. The second-order valence-corrected chi connectivity index (χ2v) is 8.69. The summed E-state index contributed by atoms with van der Waals surface area (Å²) in [5.41, 5.74) is 3.55. The Bertz CT molecular complexity index is 1240. The number of esters is 1. The van der Waals surface area contributed by atoms with Crippen molar-refractivity contribution in [2.45, 2.75) is 37.7 Å². The van der Waals surface area contributed by atoms with Crippen LogP contribution >= 0.6 is 0 Å². The molecule has 1 aliphatic heterocycles. The molecule has 7 heteroatoms. The van der Waals surface area contributed by atoms with E-state index in [-0.39, 0.29) is 24.1 Å². The van der Waals surface area contributed by atoms with Crippen LogP contribution in [0.4, 0.5) is 13.2 Å². The molecule has 5 rings (SSSR count). The highest BCUT2D eigenvalue weighted by atomic mass is 19.1. The quantitative estimate of drug-likeness (QED) is 0.429. The first kappa shape index (κ1) is 22.3. The first-order valence-electron chi connectivity index (χ1n) is 11.2. The fourth-order valence-corrected chi connectivity index (χ4v) is 4.91. The van der Waals surface area contributed by atoms with Crippen LogP contribution < -0.4 is 9.47 Å². The van der Waals surface area contributed by atoms with E-state index in [1.165, 1.54) is 25.3 Å². The molecule has 0 radical (unpaired) electrons. The van der Waals surface area contributed by atoms with Crippen molar-refractivity contribution >= 4 is 5.97 Å². The molecule has 0 fully saturated rings. The monoisotopic (exact) mass is 468 g/mol. The third kappa shape index (κ3) is 4.34. The molecule has 2 atom stereocenters. The van der Waals surface area contributed by atoms with Gasteiger partial charge in [0, 0.05) is 29.2 Å². The molecule has 4 nitrogen and oxygen atoms in total. The van der Waals surface area contributed by atoms with E-state index in [0.717, 1.165) is 22.8 Å². The number of methoxy groups -OCH3 is 1. The molecule has 3 aromatic carbocycles. The number of hydrogen-bond acceptors (Lipinski definition) is 4. The molecule has 0 N–H and O–H groups in total. The number of hydrogen-bond donors (Lipinski definition) is 0. The first-order chi connectivity index (χ1) is 16.4. The number of carbonyl (C=O) groups excluding carboxylic acids is 1. The summed E-state index contributed by atoms with van der Waals surface area (Å²) in [6, 6.07) is 11.9. The van der Waals surface area contributed by atoms with Crippen molar-refractivity contribution in [3.63, 3.8) is 0 Å². The maximum absolute atomic E-state index is 14.8. The van der Waals surface area contributed by atoms with Gasteiger partial charge in [0.25, 0.3) is 0 Å². The van der Waals surface area contributed by atoms with Crippen molar-refractivity contribution in [3.05, 3.63) is 93.8 Å². The molecule has 0 bridgehead atoms. The largest absolute Gasteiger partial charge is 0.492 e. The van der Waals surface area contributed by atoms with Crippen LogP contribution in [-0.4, -0.2) is 19.7 Å². The normalized spacial score (nSPS) is 18.2. The highest BCUT2D eigenvalue weighted by molar-refractivity contribution is 5.71. The standard InChI is InChI=1S/C27H23F3O4/c1-32-26(31)11-17-14-33-25-13-20(3-4-21(17)25)34-24-7-5-22-16(2-6-23(30)27(22)24)8-15-9-18(28)12-19(29)10-15/h2-4,6,9-10,12-13,17,24H,5,7-8,11,14H2,1H3. The number of fused-ring (bicyclic) bond motifs is 2. The zero-order valence-corrected chi connectivity index (χ0v) is 18.6. The Kier molecular flexibility index (Phi) is 5.94. The fourth-order valence-electron chi connectivity index (χ4n) is 4.91. The summed E-state index contributed by atoms with van der Waals surface area (Å²) in [5, 5.41) is 0. The zero-order chi connectivity index (χ0) is 23.8. The van der Waals surface area contributed by atoms with E-state index >= 15 is 0 Å². The lowest BCUT2D eigenvalue weighted by molar-refractivity contribution is -0.141. The van der Waals surface area contributed by atoms with E-state index in [2.05, 4.69) is 0 Å². The first-order valence-corrected chi connectivity index (χ1v) is 11.2. The van der Waals surface area contributed by atoms with Crippen LogP contribution in [0.25, 0.3) is 0 Å². The van der Waals surface area contributed by atoms with Crippen molar-refractivity contribution in [2.75, 3.05) is 13.7 Å². The predicted molar refractivity (Wildman–Crippen MR) is 119 cm³/mol. The van der Waals surface area contributed by atoms with E-state index < -0.39 is 17.7 Å². The van der Waals surface area contributed by atoms with Gasteiger partial charge in [-0.15, -0.1) is 0 Å². The Morgan fingerprint density at radius 1 is 1.06 bits per heavy atom. The molecular weight excluding hydrogens is 445 g/mol. The van der Waals surface area contributed by atoms with Crippen LogP contribution in [-0.2, 0) is 22.4 Å². The number of rotatable bonds is 6. The Labute approximate surface area is 195 Å². The van der Waals surface area contributed by atoms with Crippen molar-refractivity contribution in [3.8, 4) is 11.5 Å². The van der Waals surface area contributed by atoms with Crippen molar-refractivity contribution in [1.82, 2.24) is 0 Å². The second kappa shape index (κ2) is 9.05. The van der Waals surface area contributed by atoms with Crippen LogP contribution in [0.2, 0.25) is 0 Å². The molecule has 0 saturated heterocycles. The van der Waals surface area contributed by atoms with Crippen LogP contribution in [0.15, 0.2) is 48.5 Å². The lowest BCUT2D eigenvalue weighted by atomic mass is 9.96. The van der Waals surface area contributed by atoms with Crippen LogP contribution in [0.1, 0.15) is 52.7 Å². The number of halogens is 3.